The van der Waals surface area contributed by atoms with Crippen molar-refractivity contribution in [2.45, 2.75) is 51.6 Å². The molecule has 1 aromatic carbocycles. The SMILES string of the molecule is CCNC(=NCc1cccc(C(=O)N2CCCCC2)c1)NC1CC=CC1.I. The first-order valence-corrected chi connectivity index (χ1v) is 9.84. The molecule has 1 amide bonds. The molecule has 0 radical (unpaired) electrons. The third kappa shape index (κ3) is 6.52. The van der Waals surface area contributed by atoms with Crippen LogP contribution in [0.1, 0.15) is 54.9 Å². The first-order valence-electron chi connectivity index (χ1n) is 9.84. The Morgan fingerprint density at radius 2 is 1.93 bits per heavy atom. The number of aliphatic imine (C=N–C) groups is 1. The number of benzene rings is 1. The van der Waals surface area contributed by atoms with Gasteiger partial charge < -0.3 is 15.5 Å². The van der Waals surface area contributed by atoms with Crippen molar-refractivity contribution in [2.75, 3.05) is 19.6 Å². The molecule has 1 aromatic rings. The maximum Gasteiger partial charge on any atom is 0.253 e. The van der Waals surface area contributed by atoms with E-state index in [1.54, 1.807) is 0 Å². The van der Waals surface area contributed by atoms with E-state index in [9.17, 15) is 4.79 Å². The summed E-state index contributed by atoms with van der Waals surface area (Å²) in [6.45, 7) is 5.23. The molecule has 2 aliphatic rings. The standard InChI is InChI=1S/C21H30N4O.HI/c1-2-22-21(24-19-11-4-5-12-19)23-16-17-9-8-10-18(15-17)20(26)25-13-6-3-7-14-25;/h4-5,8-10,15,19H,2-3,6-7,11-14,16H2,1H3,(H2,22,23,24);1H. The number of amides is 1. The van der Waals surface area contributed by atoms with Gasteiger partial charge in [0.25, 0.3) is 5.91 Å². The van der Waals surface area contributed by atoms with Gasteiger partial charge in [-0.1, -0.05) is 24.3 Å². The predicted molar refractivity (Wildman–Crippen MR) is 122 cm³/mol. The molecule has 1 heterocycles. The van der Waals surface area contributed by atoms with Crippen LogP contribution in [-0.2, 0) is 6.54 Å². The van der Waals surface area contributed by atoms with Crippen molar-refractivity contribution < 1.29 is 4.79 Å². The van der Waals surface area contributed by atoms with Crippen molar-refractivity contribution in [1.82, 2.24) is 15.5 Å². The van der Waals surface area contributed by atoms with Gasteiger partial charge in [0, 0.05) is 31.2 Å². The van der Waals surface area contributed by atoms with Gasteiger partial charge in [0.2, 0.25) is 0 Å². The number of carbonyl (C=O) groups excluding carboxylic acids is 1. The van der Waals surface area contributed by atoms with Crippen LogP contribution in [0.4, 0.5) is 0 Å². The Labute approximate surface area is 179 Å². The molecule has 1 saturated heterocycles. The second kappa shape index (κ2) is 11.3. The summed E-state index contributed by atoms with van der Waals surface area (Å²) in [5.74, 6) is 0.992. The van der Waals surface area contributed by atoms with E-state index >= 15 is 0 Å². The summed E-state index contributed by atoms with van der Waals surface area (Å²) in [7, 11) is 0. The highest BCUT2D eigenvalue weighted by Gasteiger charge is 2.18. The van der Waals surface area contributed by atoms with Gasteiger partial charge >= 0.3 is 0 Å². The second-order valence-corrected chi connectivity index (χ2v) is 7.03. The van der Waals surface area contributed by atoms with Crippen LogP contribution in [-0.4, -0.2) is 42.4 Å². The smallest absolute Gasteiger partial charge is 0.253 e. The van der Waals surface area contributed by atoms with Crippen LogP contribution in [0.5, 0.6) is 0 Å². The fourth-order valence-corrected chi connectivity index (χ4v) is 3.50. The Kier molecular flexibility index (Phi) is 9.10. The van der Waals surface area contributed by atoms with Gasteiger partial charge in [-0.05, 0) is 56.7 Å². The molecule has 2 N–H and O–H groups in total. The average Bonchev–Trinajstić information content (AvgIpc) is 3.20. The zero-order valence-electron chi connectivity index (χ0n) is 16.1. The molecule has 1 fully saturated rings. The Bertz CT molecular complexity index is 660. The van der Waals surface area contributed by atoms with Crippen LogP contribution >= 0.6 is 24.0 Å². The number of carbonyl (C=O) groups is 1. The Morgan fingerprint density at radius 1 is 1.19 bits per heavy atom. The minimum atomic E-state index is 0. The van der Waals surface area contributed by atoms with Crippen molar-refractivity contribution in [3.63, 3.8) is 0 Å². The van der Waals surface area contributed by atoms with Gasteiger partial charge in [0.1, 0.15) is 0 Å². The lowest BCUT2D eigenvalue weighted by atomic mass is 10.1. The van der Waals surface area contributed by atoms with Crippen molar-refractivity contribution in [3.05, 3.63) is 47.5 Å². The summed E-state index contributed by atoms with van der Waals surface area (Å²) in [6, 6.07) is 8.33. The number of piperidine rings is 1. The van der Waals surface area contributed by atoms with Crippen molar-refractivity contribution >= 4 is 35.8 Å². The van der Waals surface area contributed by atoms with Crippen molar-refractivity contribution in [3.8, 4) is 0 Å². The van der Waals surface area contributed by atoms with E-state index in [0.29, 0.717) is 12.6 Å². The molecular formula is C21H31IN4O. The lowest BCUT2D eigenvalue weighted by Crippen LogP contribution is -2.42. The summed E-state index contributed by atoms with van der Waals surface area (Å²) in [4.78, 5) is 19.4. The number of likely N-dealkylation sites (tertiary alicyclic amines) is 1. The third-order valence-corrected chi connectivity index (χ3v) is 4.93. The summed E-state index contributed by atoms with van der Waals surface area (Å²) >= 11 is 0. The molecule has 0 saturated carbocycles. The van der Waals surface area contributed by atoms with Crippen LogP contribution in [0, 0.1) is 0 Å². The molecule has 1 aliphatic heterocycles. The first-order chi connectivity index (χ1) is 12.8. The quantitative estimate of drug-likeness (QED) is 0.291. The number of nitrogens with one attached hydrogen (secondary N) is 2. The Hall–Kier alpha value is -1.57. The molecular weight excluding hydrogens is 451 g/mol. The molecule has 0 aromatic heterocycles. The van der Waals surface area contributed by atoms with Crippen LogP contribution in [0.2, 0.25) is 0 Å². The van der Waals surface area contributed by atoms with Crippen LogP contribution in [0.15, 0.2) is 41.4 Å². The molecule has 0 atom stereocenters. The highest BCUT2D eigenvalue weighted by Crippen LogP contribution is 2.15. The minimum absolute atomic E-state index is 0. The molecule has 5 nitrogen and oxygen atoms in total. The van der Waals surface area contributed by atoms with Gasteiger partial charge in [-0.25, -0.2) is 4.99 Å². The predicted octanol–water partition coefficient (Wildman–Crippen LogP) is 3.70. The van der Waals surface area contributed by atoms with E-state index in [1.807, 2.05) is 29.2 Å². The lowest BCUT2D eigenvalue weighted by molar-refractivity contribution is 0.0724. The number of guanidine groups is 1. The average molecular weight is 482 g/mol. The molecule has 0 bridgehead atoms. The molecule has 3 rings (SSSR count). The van der Waals surface area contributed by atoms with Gasteiger partial charge in [-0.15, -0.1) is 24.0 Å². The summed E-state index contributed by atoms with van der Waals surface area (Å²) in [5.41, 5.74) is 1.84. The molecule has 0 unspecified atom stereocenters. The molecule has 0 spiro atoms. The highest BCUT2D eigenvalue weighted by molar-refractivity contribution is 14.0. The largest absolute Gasteiger partial charge is 0.357 e. The summed E-state index contributed by atoms with van der Waals surface area (Å²) in [6.07, 6.45) is 9.96. The maximum absolute atomic E-state index is 12.7. The van der Waals surface area contributed by atoms with Gasteiger partial charge in [0.15, 0.2) is 5.96 Å². The van der Waals surface area contributed by atoms with Crippen LogP contribution in [0.3, 0.4) is 0 Å². The summed E-state index contributed by atoms with van der Waals surface area (Å²) in [5, 5.41) is 6.78. The highest BCUT2D eigenvalue weighted by atomic mass is 127. The van der Waals surface area contributed by atoms with E-state index in [-0.39, 0.29) is 29.9 Å². The van der Waals surface area contributed by atoms with E-state index in [4.69, 9.17) is 4.99 Å². The van der Waals surface area contributed by atoms with Crippen molar-refractivity contribution in [1.29, 1.82) is 0 Å². The first kappa shape index (κ1) is 21.7. The number of nitrogens with zero attached hydrogens (tertiary/aromatic N) is 2. The molecule has 1 aliphatic carbocycles. The minimum Gasteiger partial charge on any atom is -0.357 e. The van der Waals surface area contributed by atoms with Gasteiger partial charge in [0.05, 0.1) is 6.54 Å². The molecule has 27 heavy (non-hydrogen) atoms. The fraction of sp³-hybridized carbons (Fsp3) is 0.524. The summed E-state index contributed by atoms with van der Waals surface area (Å²) < 4.78 is 0. The number of rotatable bonds is 5. The van der Waals surface area contributed by atoms with Gasteiger partial charge in [-0.2, -0.15) is 0 Å². The van der Waals surface area contributed by atoms with E-state index in [1.165, 1.54) is 6.42 Å². The number of hydrogen-bond donors (Lipinski definition) is 2. The number of hydrogen-bond acceptors (Lipinski definition) is 2. The fourth-order valence-electron chi connectivity index (χ4n) is 3.50. The second-order valence-electron chi connectivity index (χ2n) is 7.03. The van der Waals surface area contributed by atoms with Crippen LogP contribution < -0.4 is 10.6 Å². The topological polar surface area (TPSA) is 56.7 Å². The normalized spacial score (nSPS) is 17.5. The van der Waals surface area contributed by atoms with E-state index < -0.39 is 0 Å². The zero-order valence-corrected chi connectivity index (χ0v) is 18.4. The van der Waals surface area contributed by atoms with Crippen molar-refractivity contribution in [2.24, 2.45) is 4.99 Å². The Morgan fingerprint density at radius 3 is 2.63 bits per heavy atom. The monoisotopic (exact) mass is 482 g/mol. The molecule has 6 heteroatoms. The Balaban J connectivity index is 0.00000261. The third-order valence-electron chi connectivity index (χ3n) is 4.93. The lowest BCUT2D eigenvalue weighted by Gasteiger charge is -2.26. The van der Waals surface area contributed by atoms with E-state index in [2.05, 4.69) is 29.7 Å². The molecule has 148 valence electrons. The van der Waals surface area contributed by atoms with Gasteiger partial charge in [-0.3, -0.25) is 4.79 Å². The number of halogens is 1. The maximum atomic E-state index is 12.7. The zero-order chi connectivity index (χ0) is 18.2. The van der Waals surface area contributed by atoms with Crippen LogP contribution in [0.25, 0.3) is 0 Å². The van der Waals surface area contributed by atoms with E-state index in [0.717, 1.165) is 62.4 Å².